The van der Waals surface area contributed by atoms with Crippen LogP contribution in [0.3, 0.4) is 0 Å². The molecule has 9 heteroatoms. The van der Waals surface area contributed by atoms with Crippen LogP contribution in [-0.2, 0) is 16.1 Å². The first kappa shape index (κ1) is 23.6. The van der Waals surface area contributed by atoms with Crippen molar-refractivity contribution in [1.29, 1.82) is 5.41 Å². The molecule has 0 bridgehead atoms. The molecule has 0 amide bonds. The van der Waals surface area contributed by atoms with Crippen LogP contribution in [0.15, 0.2) is 41.4 Å². The fraction of sp³-hybridized carbons (Fsp3) is 0.435. The Labute approximate surface area is 187 Å². The molecule has 9 nitrogen and oxygen atoms in total. The topological polar surface area (TPSA) is 146 Å². The van der Waals surface area contributed by atoms with E-state index in [4.69, 9.17) is 25.6 Å². The summed E-state index contributed by atoms with van der Waals surface area (Å²) in [6.07, 6.45) is 2.37. The number of aromatic nitrogens is 1. The molecule has 1 unspecified atom stereocenters. The molecule has 0 aliphatic heterocycles. The zero-order valence-electron chi connectivity index (χ0n) is 18.5. The number of aliphatic hydroxyl groups excluding tert-OH is 1. The number of anilines is 2. The largest absolute Gasteiger partial charge is 0.475 e. The summed E-state index contributed by atoms with van der Waals surface area (Å²) in [5, 5.41) is 32.0. The van der Waals surface area contributed by atoms with Gasteiger partial charge in [0.2, 0.25) is 5.90 Å². The highest BCUT2D eigenvalue weighted by Gasteiger charge is 2.43. The van der Waals surface area contributed by atoms with Gasteiger partial charge in [0.1, 0.15) is 18.5 Å². The molecule has 6 N–H and O–H groups in total. The highest BCUT2D eigenvalue weighted by Crippen LogP contribution is 2.44. The summed E-state index contributed by atoms with van der Waals surface area (Å²) in [6, 6.07) is 10.9. The van der Waals surface area contributed by atoms with E-state index < -0.39 is 18.2 Å². The quantitative estimate of drug-likeness (QED) is 0.228. The van der Waals surface area contributed by atoms with Crippen LogP contribution in [0.1, 0.15) is 49.0 Å². The number of aliphatic imine (C=N–C) groups is 1. The molecular formula is C23H31N5O4. The van der Waals surface area contributed by atoms with Gasteiger partial charge in [-0.3, -0.25) is 10.4 Å². The van der Waals surface area contributed by atoms with Gasteiger partial charge in [-0.1, -0.05) is 30.3 Å². The lowest BCUT2D eigenvalue weighted by molar-refractivity contribution is -0.0552. The molecule has 1 heterocycles. The van der Waals surface area contributed by atoms with Crippen LogP contribution in [0.5, 0.6) is 0 Å². The van der Waals surface area contributed by atoms with Crippen LogP contribution < -0.4 is 11.1 Å². The number of nitrogens with two attached hydrogens (primary N) is 1. The van der Waals surface area contributed by atoms with Crippen molar-refractivity contribution in [3.63, 3.8) is 0 Å². The summed E-state index contributed by atoms with van der Waals surface area (Å²) >= 11 is 0. The molecule has 32 heavy (non-hydrogen) atoms. The third-order valence-corrected chi connectivity index (χ3v) is 5.51. The Morgan fingerprint density at radius 3 is 2.62 bits per heavy atom. The maximum atomic E-state index is 11.0. The third kappa shape index (κ3) is 5.42. The number of rotatable bonds is 9. The monoisotopic (exact) mass is 441 g/mol. The molecule has 0 radical (unpaired) electrons. The summed E-state index contributed by atoms with van der Waals surface area (Å²) in [7, 11) is 1.54. The Hall–Kier alpha value is -3.01. The second-order valence-corrected chi connectivity index (χ2v) is 7.86. The fourth-order valence-corrected chi connectivity index (χ4v) is 3.72. The number of nitrogens with one attached hydrogen (secondary N) is 2. The minimum Gasteiger partial charge on any atom is -0.475 e. The van der Waals surface area contributed by atoms with Crippen molar-refractivity contribution in [2.45, 2.75) is 44.4 Å². The van der Waals surface area contributed by atoms with Crippen LogP contribution in [0.25, 0.3) is 0 Å². The van der Waals surface area contributed by atoms with Crippen molar-refractivity contribution in [2.24, 2.45) is 4.99 Å². The smallest absolute Gasteiger partial charge is 0.217 e. The number of hydrogen-bond donors (Lipinski definition) is 5. The summed E-state index contributed by atoms with van der Waals surface area (Å²) in [5.41, 5.74) is 6.94. The normalized spacial score (nSPS) is 16.2. The molecule has 2 aromatic rings. The zero-order valence-corrected chi connectivity index (χ0v) is 18.5. The molecule has 3 rings (SSSR count). The van der Waals surface area contributed by atoms with Gasteiger partial charge in [0.15, 0.2) is 0 Å². The van der Waals surface area contributed by atoms with E-state index >= 15 is 0 Å². The molecule has 0 saturated heterocycles. The van der Waals surface area contributed by atoms with E-state index in [1.165, 1.54) is 0 Å². The van der Waals surface area contributed by atoms with Gasteiger partial charge in [-0.25, -0.2) is 4.98 Å². The molecule has 1 fully saturated rings. The first-order chi connectivity index (χ1) is 15.4. The van der Waals surface area contributed by atoms with Crippen molar-refractivity contribution in [2.75, 3.05) is 31.4 Å². The molecule has 1 aliphatic carbocycles. The standard InChI is InChI=1S/C23H31N5O4/c1-15(27-21(23(30)9-6-10-23)16-7-4-3-5-8-16)26-19-13-17(24)20(18(14-29)28-19)22(25)32-12-11-31-2/h3-5,7-8,13,21,25,29-30H,6,9-12,14H2,1-2H3,(H3,24,26,27,28). The predicted octanol–water partition coefficient (Wildman–Crippen LogP) is 2.63. The van der Waals surface area contributed by atoms with Gasteiger partial charge in [-0.05, 0) is 31.7 Å². The molecular weight excluding hydrogens is 410 g/mol. The van der Waals surface area contributed by atoms with Gasteiger partial charge in [-0.2, -0.15) is 0 Å². The molecule has 1 aromatic carbocycles. The first-order valence-corrected chi connectivity index (χ1v) is 10.6. The summed E-state index contributed by atoms with van der Waals surface area (Å²) in [6.45, 7) is 1.90. The lowest BCUT2D eigenvalue weighted by atomic mass is 9.73. The fourth-order valence-electron chi connectivity index (χ4n) is 3.72. The lowest BCUT2D eigenvalue weighted by Gasteiger charge is -2.41. The van der Waals surface area contributed by atoms with Crippen molar-refractivity contribution >= 4 is 23.2 Å². The highest BCUT2D eigenvalue weighted by molar-refractivity contribution is 5.99. The van der Waals surface area contributed by atoms with Gasteiger partial charge in [0.05, 0.1) is 35.9 Å². The summed E-state index contributed by atoms with van der Waals surface area (Å²) in [4.78, 5) is 9.14. The Bertz CT molecular complexity index is 960. The van der Waals surface area contributed by atoms with Crippen molar-refractivity contribution < 1.29 is 19.7 Å². The number of benzene rings is 1. The molecule has 1 aliphatic rings. The Morgan fingerprint density at radius 1 is 1.31 bits per heavy atom. The van der Waals surface area contributed by atoms with E-state index in [1.54, 1.807) is 20.1 Å². The Balaban J connectivity index is 1.83. The number of amidine groups is 1. The Kier molecular flexibility index (Phi) is 7.79. The van der Waals surface area contributed by atoms with Crippen molar-refractivity contribution in [1.82, 2.24) is 4.98 Å². The molecule has 0 spiro atoms. The number of pyridine rings is 1. The average molecular weight is 442 g/mol. The van der Waals surface area contributed by atoms with E-state index in [9.17, 15) is 10.2 Å². The van der Waals surface area contributed by atoms with Crippen LogP contribution >= 0.6 is 0 Å². The number of ether oxygens (including phenoxy) is 2. The second kappa shape index (κ2) is 10.5. The number of nitrogen functional groups attached to an aromatic ring is 1. The summed E-state index contributed by atoms with van der Waals surface area (Å²) in [5.74, 6) is 0.757. The predicted molar refractivity (Wildman–Crippen MR) is 124 cm³/mol. The van der Waals surface area contributed by atoms with Crippen LogP contribution in [0.2, 0.25) is 0 Å². The SMILES string of the molecule is COCCOC(=N)c1c(N)cc(NC(C)=NC(c2ccccc2)C2(O)CCC2)nc1CO. The highest BCUT2D eigenvalue weighted by atomic mass is 16.5. The van der Waals surface area contributed by atoms with Crippen LogP contribution in [0.4, 0.5) is 11.5 Å². The molecule has 1 saturated carbocycles. The Morgan fingerprint density at radius 2 is 2.03 bits per heavy atom. The maximum Gasteiger partial charge on any atom is 0.217 e. The minimum absolute atomic E-state index is 0.176. The number of methoxy groups -OCH3 is 1. The molecule has 1 atom stereocenters. The van der Waals surface area contributed by atoms with E-state index in [-0.39, 0.29) is 29.4 Å². The molecule has 172 valence electrons. The summed E-state index contributed by atoms with van der Waals surface area (Å²) < 4.78 is 10.2. The van der Waals surface area contributed by atoms with Gasteiger partial charge in [0.25, 0.3) is 0 Å². The molecule has 1 aromatic heterocycles. The van der Waals surface area contributed by atoms with Gasteiger partial charge >= 0.3 is 0 Å². The van der Waals surface area contributed by atoms with E-state index in [2.05, 4.69) is 10.3 Å². The van der Waals surface area contributed by atoms with Crippen molar-refractivity contribution in [3.8, 4) is 0 Å². The number of hydrogen-bond acceptors (Lipinski definition) is 8. The first-order valence-electron chi connectivity index (χ1n) is 10.6. The van der Waals surface area contributed by atoms with Crippen LogP contribution in [-0.4, -0.2) is 52.9 Å². The van der Waals surface area contributed by atoms with Gasteiger partial charge < -0.3 is 30.7 Å². The van der Waals surface area contributed by atoms with Crippen molar-refractivity contribution in [3.05, 3.63) is 53.2 Å². The van der Waals surface area contributed by atoms with Gasteiger partial charge in [-0.15, -0.1) is 0 Å². The van der Waals surface area contributed by atoms with E-state index in [0.29, 0.717) is 31.1 Å². The second-order valence-electron chi connectivity index (χ2n) is 7.86. The zero-order chi connectivity index (χ0) is 23.1. The van der Waals surface area contributed by atoms with E-state index in [0.717, 1.165) is 12.0 Å². The van der Waals surface area contributed by atoms with Gasteiger partial charge in [0, 0.05) is 18.9 Å². The van der Waals surface area contributed by atoms with Crippen LogP contribution in [0, 0.1) is 5.41 Å². The maximum absolute atomic E-state index is 11.0. The van der Waals surface area contributed by atoms with E-state index in [1.807, 2.05) is 30.3 Å². The average Bonchev–Trinajstić information content (AvgIpc) is 2.76. The number of aliphatic hydroxyl groups is 2. The minimum atomic E-state index is -0.870. The lowest BCUT2D eigenvalue weighted by Crippen LogP contribution is -2.42. The number of nitrogens with zero attached hydrogens (tertiary/aromatic N) is 2. The third-order valence-electron chi connectivity index (χ3n) is 5.51.